The number of fused-ring (bicyclic) bond motifs is 1. The molecule has 2 heterocycles. The largest absolute Gasteiger partial charge is 0.504 e. The van der Waals surface area contributed by atoms with Crippen LogP contribution in [-0.4, -0.2) is 31.8 Å². The lowest BCUT2D eigenvalue weighted by Gasteiger charge is -2.11. The van der Waals surface area contributed by atoms with Crippen LogP contribution in [0.1, 0.15) is 5.56 Å². The first-order valence-corrected chi connectivity index (χ1v) is 8.66. The highest BCUT2D eigenvalue weighted by atomic mass is 16.5. The van der Waals surface area contributed by atoms with E-state index in [4.69, 9.17) is 4.74 Å². The number of aromatic hydroxyl groups is 3. The zero-order valence-electron chi connectivity index (χ0n) is 15.1. The number of phenols is 3. The number of nitrogens with one attached hydrogen (secondary N) is 1. The van der Waals surface area contributed by atoms with Gasteiger partial charge in [0.1, 0.15) is 22.9 Å². The molecule has 4 N–H and O–H groups in total. The van der Waals surface area contributed by atoms with Crippen molar-refractivity contribution in [3.05, 3.63) is 66.4 Å². The van der Waals surface area contributed by atoms with Crippen LogP contribution in [0.2, 0.25) is 0 Å². The van der Waals surface area contributed by atoms with Crippen LogP contribution >= 0.6 is 0 Å². The molecule has 0 amide bonds. The molecule has 4 aromatic rings. The topological polar surface area (TPSA) is 99.2 Å². The number of imidazole rings is 1. The van der Waals surface area contributed by atoms with Gasteiger partial charge in [-0.05, 0) is 42.0 Å². The van der Waals surface area contributed by atoms with Crippen molar-refractivity contribution in [1.29, 1.82) is 0 Å². The minimum atomic E-state index is -0.576. The van der Waals surface area contributed by atoms with E-state index in [0.717, 1.165) is 11.3 Å². The molecule has 0 saturated carbocycles. The SMILES string of the molecule is COc1cccc(CNc2c(-c3ccc(O)c(O)c3O)nc3ccccn23)c1. The molecule has 2 aromatic heterocycles. The number of rotatable bonds is 5. The first kappa shape index (κ1) is 17.5. The first-order valence-electron chi connectivity index (χ1n) is 8.66. The Kier molecular flexibility index (Phi) is 4.41. The molecule has 0 radical (unpaired) electrons. The summed E-state index contributed by atoms with van der Waals surface area (Å²) < 4.78 is 7.13. The van der Waals surface area contributed by atoms with Crippen LogP contribution in [0.4, 0.5) is 5.82 Å². The molecule has 4 rings (SSSR count). The number of methoxy groups -OCH3 is 1. The van der Waals surface area contributed by atoms with Gasteiger partial charge in [0, 0.05) is 18.3 Å². The Bertz CT molecular complexity index is 1150. The van der Waals surface area contributed by atoms with Gasteiger partial charge in [-0.1, -0.05) is 18.2 Å². The predicted molar refractivity (Wildman–Crippen MR) is 106 cm³/mol. The molecule has 142 valence electrons. The quantitative estimate of drug-likeness (QED) is 0.396. The van der Waals surface area contributed by atoms with Gasteiger partial charge in [0.15, 0.2) is 11.5 Å². The van der Waals surface area contributed by atoms with E-state index in [9.17, 15) is 15.3 Å². The lowest BCUT2D eigenvalue weighted by molar-refractivity contribution is 0.369. The van der Waals surface area contributed by atoms with E-state index in [0.29, 0.717) is 29.3 Å². The average molecular weight is 377 g/mol. The van der Waals surface area contributed by atoms with Crippen LogP contribution in [0.5, 0.6) is 23.0 Å². The maximum Gasteiger partial charge on any atom is 0.200 e. The molecule has 0 atom stereocenters. The average Bonchev–Trinajstić information content (AvgIpc) is 3.09. The molecular formula is C21H19N3O4. The van der Waals surface area contributed by atoms with Gasteiger partial charge < -0.3 is 25.4 Å². The molecule has 0 bridgehead atoms. The molecule has 2 aromatic carbocycles. The number of phenolic OH excluding ortho intramolecular Hbond substituents is 3. The minimum absolute atomic E-state index is 0.312. The molecule has 0 aliphatic carbocycles. The minimum Gasteiger partial charge on any atom is -0.504 e. The second kappa shape index (κ2) is 7.03. The van der Waals surface area contributed by atoms with Crippen molar-refractivity contribution >= 4 is 11.5 Å². The highest BCUT2D eigenvalue weighted by Gasteiger charge is 2.20. The summed E-state index contributed by atoms with van der Waals surface area (Å²) in [4.78, 5) is 4.58. The molecule has 0 saturated heterocycles. The summed E-state index contributed by atoms with van der Waals surface area (Å²) in [5, 5.41) is 33.2. The third-order valence-corrected chi connectivity index (χ3v) is 4.51. The summed E-state index contributed by atoms with van der Waals surface area (Å²) in [6.45, 7) is 0.498. The summed E-state index contributed by atoms with van der Waals surface area (Å²) in [5.74, 6) is 0.0228. The van der Waals surface area contributed by atoms with Crippen molar-refractivity contribution in [2.75, 3.05) is 12.4 Å². The normalized spacial score (nSPS) is 10.9. The van der Waals surface area contributed by atoms with Crippen LogP contribution in [0.3, 0.4) is 0 Å². The van der Waals surface area contributed by atoms with Gasteiger partial charge in [0.05, 0.1) is 7.11 Å². The number of nitrogens with zero attached hydrogens (tertiary/aromatic N) is 2. The summed E-state index contributed by atoms with van der Waals surface area (Å²) >= 11 is 0. The summed E-state index contributed by atoms with van der Waals surface area (Å²) in [5.41, 5.74) is 2.46. The summed E-state index contributed by atoms with van der Waals surface area (Å²) in [7, 11) is 1.62. The van der Waals surface area contributed by atoms with E-state index in [1.54, 1.807) is 7.11 Å². The molecule has 28 heavy (non-hydrogen) atoms. The van der Waals surface area contributed by atoms with Crippen molar-refractivity contribution in [1.82, 2.24) is 9.38 Å². The van der Waals surface area contributed by atoms with E-state index >= 15 is 0 Å². The Morgan fingerprint density at radius 3 is 2.68 bits per heavy atom. The molecule has 0 unspecified atom stereocenters. The highest BCUT2D eigenvalue weighted by molar-refractivity contribution is 5.82. The molecule has 0 aliphatic rings. The van der Waals surface area contributed by atoms with Crippen LogP contribution in [0.15, 0.2) is 60.8 Å². The Hall–Kier alpha value is -3.87. The fourth-order valence-corrected chi connectivity index (χ4v) is 3.08. The lowest BCUT2D eigenvalue weighted by Crippen LogP contribution is -2.03. The molecule has 0 fully saturated rings. The number of hydrogen-bond donors (Lipinski definition) is 4. The smallest absolute Gasteiger partial charge is 0.200 e. The Morgan fingerprint density at radius 2 is 1.86 bits per heavy atom. The molecular weight excluding hydrogens is 358 g/mol. The molecule has 0 spiro atoms. The van der Waals surface area contributed by atoms with Crippen molar-refractivity contribution in [3.8, 4) is 34.3 Å². The van der Waals surface area contributed by atoms with Gasteiger partial charge >= 0.3 is 0 Å². The second-order valence-corrected chi connectivity index (χ2v) is 6.27. The Balaban J connectivity index is 1.79. The fourth-order valence-electron chi connectivity index (χ4n) is 3.08. The lowest BCUT2D eigenvalue weighted by atomic mass is 10.1. The maximum atomic E-state index is 10.3. The van der Waals surface area contributed by atoms with Gasteiger partial charge in [-0.25, -0.2) is 4.98 Å². The zero-order valence-corrected chi connectivity index (χ0v) is 15.1. The Labute approximate surface area is 161 Å². The van der Waals surface area contributed by atoms with Crippen molar-refractivity contribution in [2.45, 2.75) is 6.54 Å². The van der Waals surface area contributed by atoms with E-state index in [1.165, 1.54) is 12.1 Å². The number of pyridine rings is 1. The van der Waals surface area contributed by atoms with Gasteiger partial charge in [-0.3, -0.25) is 4.40 Å². The second-order valence-electron chi connectivity index (χ2n) is 6.27. The first-order chi connectivity index (χ1) is 13.6. The van der Waals surface area contributed by atoms with Crippen LogP contribution in [0, 0.1) is 0 Å². The van der Waals surface area contributed by atoms with Gasteiger partial charge in [0.25, 0.3) is 0 Å². The fraction of sp³-hybridized carbons (Fsp3) is 0.0952. The van der Waals surface area contributed by atoms with Gasteiger partial charge in [-0.2, -0.15) is 0 Å². The predicted octanol–water partition coefficient (Wildman–Crippen LogP) is 3.74. The highest BCUT2D eigenvalue weighted by Crippen LogP contribution is 2.44. The van der Waals surface area contributed by atoms with Gasteiger partial charge in [0.2, 0.25) is 5.75 Å². The van der Waals surface area contributed by atoms with Crippen molar-refractivity contribution in [3.63, 3.8) is 0 Å². The van der Waals surface area contributed by atoms with E-state index in [2.05, 4.69) is 10.3 Å². The van der Waals surface area contributed by atoms with Crippen LogP contribution < -0.4 is 10.1 Å². The number of ether oxygens (including phenoxy) is 1. The van der Waals surface area contributed by atoms with Crippen molar-refractivity contribution < 1.29 is 20.1 Å². The molecule has 7 nitrogen and oxygen atoms in total. The van der Waals surface area contributed by atoms with Crippen LogP contribution in [-0.2, 0) is 6.54 Å². The van der Waals surface area contributed by atoms with Crippen molar-refractivity contribution in [2.24, 2.45) is 0 Å². The van der Waals surface area contributed by atoms with Crippen LogP contribution in [0.25, 0.3) is 16.9 Å². The number of aromatic nitrogens is 2. The number of anilines is 1. The Morgan fingerprint density at radius 1 is 1.00 bits per heavy atom. The van der Waals surface area contributed by atoms with E-state index in [-0.39, 0.29) is 0 Å². The number of benzene rings is 2. The molecule has 7 heteroatoms. The van der Waals surface area contributed by atoms with E-state index < -0.39 is 17.2 Å². The summed E-state index contributed by atoms with van der Waals surface area (Å²) in [6.07, 6.45) is 1.86. The van der Waals surface area contributed by atoms with Gasteiger partial charge in [-0.15, -0.1) is 0 Å². The third-order valence-electron chi connectivity index (χ3n) is 4.51. The number of hydrogen-bond acceptors (Lipinski definition) is 6. The molecule has 0 aliphatic heterocycles. The standard InChI is InChI=1S/C21H19N3O4/c1-28-14-6-4-5-13(11-14)12-22-21-18(23-17-7-2-3-10-24(17)21)15-8-9-16(25)20(27)19(15)26/h2-11,22,25-27H,12H2,1H3. The monoisotopic (exact) mass is 377 g/mol. The maximum absolute atomic E-state index is 10.3. The zero-order chi connectivity index (χ0) is 19.7. The third kappa shape index (κ3) is 3.03. The summed E-state index contributed by atoms with van der Waals surface area (Å²) in [6, 6.07) is 16.1. The van der Waals surface area contributed by atoms with E-state index in [1.807, 2.05) is 53.1 Å².